The van der Waals surface area contributed by atoms with E-state index in [4.69, 9.17) is 9.47 Å². The van der Waals surface area contributed by atoms with Crippen LogP contribution in [0.15, 0.2) is 0 Å². The highest BCUT2D eigenvalue weighted by molar-refractivity contribution is 7.80. The Morgan fingerprint density at radius 2 is 2.06 bits per heavy atom. The number of nitrogens with one attached hydrogen (secondary N) is 1. The van der Waals surface area contributed by atoms with E-state index in [2.05, 4.69) is 17.9 Å². The van der Waals surface area contributed by atoms with Crippen molar-refractivity contribution in [3.63, 3.8) is 0 Å². The lowest BCUT2D eigenvalue weighted by Gasteiger charge is -2.29. The zero-order valence-corrected chi connectivity index (χ0v) is 11.7. The molecule has 0 radical (unpaired) electrons. The van der Waals surface area contributed by atoms with Crippen LogP contribution < -0.4 is 5.32 Å². The first-order valence-corrected chi connectivity index (χ1v) is 6.81. The van der Waals surface area contributed by atoms with Crippen molar-refractivity contribution in [2.45, 2.75) is 50.9 Å². The first-order valence-electron chi connectivity index (χ1n) is 6.18. The molecule has 104 valence electrons. The molecule has 0 aromatic rings. The lowest BCUT2D eigenvalue weighted by Crippen LogP contribution is -2.44. The van der Waals surface area contributed by atoms with E-state index >= 15 is 0 Å². The van der Waals surface area contributed by atoms with E-state index in [0.29, 0.717) is 0 Å². The number of carbonyl (C=O) groups is 2. The Morgan fingerprint density at radius 1 is 1.39 bits per heavy atom. The summed E-state index contributed by atoms with van der Waals surface area (Å²) in [5.74, 6) is -0.440. The summed E-state index contributed by atoms with van der Waals surface area (Å²) in [5.41, 5.74) is 0. The second kappa shape index (κ2) is 7.63. The van der Waals surface area contributed by atoms with E-state index in [1.54, 1.807) is 7.11 Å². The van der Waals surface area contributed by atoms with Crippen LogP contribution >= 0.6 is 12.6 Å². The molecule has 1 rings (SSSR count). The molecule has 5 nitrogen and oxygen atoms in total. The third-order valence-corrected chi connectivity index (χ3v) is 3.40. The fraction of sp³-hybridized carbons (Fsp3) is 0.833. The van der Waals surface area contributed by atoms with Gasteiger partial charge >= 0.3 is 5.97 Å². The van der Waals surface area contributed by atoms with Crippen LogP contribution in [0.1, 0.15) is 32.6 Å². The van der Waals surface area contributed by atoms with E-state index in [9.17, 15) is 9.59 Å². The summed E-state index contributed by atoms with van der Waals surface area (Å²) < 4.78 is 10.7. The van der Waals surface area contributed by atoms with Gasteiger partial charge in [-0.1, -0.05) is 0 Å². The maximum absolute atomic E-state index is 11.8. The van der Waals surface area contributed by atoms with Crippen molar-refractivity contribution in [3.05, 3.63) is 0 Å². The molecule has 3 atom stereocenters. The van der Waals surface area contributed by atoms with Gasteiger partial charge in [-0.15, -0.1) is 0 Å². The summed E-state index contributed by atoms with van der Waals surface area (Å²) in [6.07, 6.45) is 3.61. The minimum Gasteiger partial charge on any atom is -0.461 e. The molecule has 0 aliphatic heterocycles. The van der Waals surface area contributed by atoms with Crippen LogP contribution in [0.5, 0.6) is 0 Å². The van der Waals surface area contributed by atoms with Gasteiger partial charge in [-0.3, -0.25) is 4.79 Å². The van der Waals surface area contributed by atoms with Crippen LogP contribution in [-0.2, 0) is 19.1 Å². The summed E-state index contributed by atoms with van der Waals surface area (Å²) in [6, 6.07) is -0.672. The highest BCUT2D eigenvalue weighted by atomic mass is 32.1. The number of rotatable bonds is 5. The van der Waals surface area contributed by atoms with Crippen molar-refractivity contribution in [2.75, 3.05) is 12.9 Å². The van der Waals surface area contributed by atoms with Gasteiger partial charge in [-0.2, -0.15) is 12.6 Å². The normalized spacial score (nSPS) is 25.3. The molecule has 1 N–H and O–H groups in total. The van der Waals surface area contributed by atoms with Crippen molar-refractivity contribution >= 4 is 24.5 Å². The molecule has 1 aliphatic carbocycles. The molecule has 0 spiro atoms. The minimum absolute atomic E-state index is 0.118. The number of ether oxygens (including phenoxy) is 2. The van der Waals surface area contributed by atoms with E-state index in [1.807, 2.05) is 0 Å². The summed E-state index contributed by atoms with van der Waals surface area (Å²) >= 11 is 4.04. The van der Waals surface area contributed by atoms with Crippen LogP contribution in [0.2, 0.25) is 0 Å². The Balaban J connectivity index is 2.44. The van der Waals surface area contributed by atoms with Gasteiger partial charge in [-0.25, -0.2) is 4.79 Å². The van der Waals surface area contributed by atoms with Gasteiger partial charge in [0.1, 0.15) is 12.1 Å². The zero-order chi connectivity index (χ0) is 13.5. The van der Waals surface area contributed by atoms with Gasteiger partial charge in [0, 0.05) is 26.2 Å². The molecule has 0 aromatic heterocycles. The number of thiol groups is 1. The highest BCUT2D eigenvalue weighted by Gasteiger charge is 2.27. The number of carbonyl (C=O) groups excluding carboxylic acids is 2. The second-order valence-electron chi connectivity index (χ2n) is 4.52. The topological polar surface area (TPSA) is 64.6 Å². The Kier molecular flexibility index (Phi) is 6.49. The quantitative estimate of drug-likeness (QED) is 0.578. The lowest BCUT2D eigenvalue weighted by atomic mass is 9.95. The molecule has 1 fully saturated rings. The summed E-state index contributed by atoms with van der Waals surface area (Å²) in [7, 11) is 1.67. The molecule has 1 saturated carbocycles. The molecule has 1 amide bonds. The van der Waals surface area contributed by atoms with Crippen LogP contribution in [0.25, 0.3) is 0 Å². The standard InChI is InChI=1S/C12H21NO4S/c1-8(14)13-11(7-18)12(15)17-10-5-3-4-9(6-10)16-2/h9-11,18H,3-7H2,1-2H3,(H,13,14)/t9?,10?,11-/m0/s1. The smallest absolute Gasteiger partial charge is 0.329 e. The molecule has 1 aliphatic rings. The molecule has 0 aromatic carbocycles. The van der Waals surface area contributed by atoms with Crippen molar-refractivity contribution in [3.8, 4) is 0 Å². The van der Waals surface area contributed by atoms with Gasteiger partial charge < -0.3 is 14.8 Å². The largest absolute Gasteiger partial charge is 0.461 e. The van der Waals surface area contributed by atoms with Crippen molar-refractivity contribution in [1.82, 2.24) is 5.32 Å². The number of hydrogen-bond donors (Lipinski definition) is 2. The molecule has 18 heavy (non-hydrogen) atoms. The second-order valence-corrected chi connectivity index (χ2v) is 4.88. The fourth-order valence-corrected chi connectivity index (χ4v) is 2.33. The van der Waals surface area contributed by atoms with E-state index in [1.165, 1.54) is 6.92 Å². The van der Waals surface area contributed by atoms with Gasteiger partial charge in [0.25, 0.3) is 0 Å². The predicted octanol–water partition coefficient (Wildman–Crippen LogP) is 0.922. The van der Waals surface area contributed by atoms with Gasteiger partial charge in [0.05, 0.1) is 6.10 Å². The number of esters is 1. The van der Waals surface area contributed by atoms with Crippen molar-refractivity contribution in [1.29, 1.82) is 0 Å². The Hall–Kier alpha value is -0.750. The van der Waals surface area contributed by atoms with Crippen LogP contribution in [0, 0.1) is 0 Å². The zero-order valence-electron chi connectivity index (χ0n) is 10.8. The van der Waals surface area contributed by atoms with Crippen LogP contribution in [0.4, 0.5) is 0 Å². The highest BCUT2D eigenvalue weighted by Crippen LogP contribution is 2.23. The molecule has 0 bridgehead atoms. The number of amides is 1. The third kappa shape index (κ3) is 4.86. The summed E-state index contributed by atoms with van der Waals surface area (Å²) in [4.78, 5) is 22.8. The van der Waals surface area contributed by atoms with Gasteiger partial charge in [0.2, 0.25) is 5.91 Å². The average molecular weight is 275 g/mol. The van der Waals surface area contributed by atoms with E-state index < -0.39 is 12.0 Å². The van der Waals surface area contributed by atoms with Gasteiger partial charge in [-0.05, 0) is 19.3 Å². The Labute approximate surface area is 113 Å². The first kappa shape index (κ1) is 15.3. The minimum atomic E-state index is -0.672. The Bertz CT molecular complexity index is 298. The SMILES string of the molecule is COC1CCCC(OC(=O)[C@H](CS)NC(C)=O)C1. The fourth-order valence-electron chi connectivity index (χ4n) is 2.09. The monoisotopic (exact) mass is 275 g/mol. The predicted molar refractivity (Wildman–Crippen MR) is 70.6 cm³/mol. The maximum atomic E-state index is 11.8. The number of methoxy groups -OCH3 is 1. The van der Waals surface area contributed by atoms with Crippen LogP contribution in [-0.4, -0.2) is 43.0 Å². The van der Waals surface area contributed by atoms with Gasteiger partial charge in [0.15, 0.2) is 0 Å². The lowest BCUT2D eigenvalue weighted by molar-refractivity contribution is -0.155. The van der Waals surface area contributed by atoms with Crippen molar-refractivity contribution < 1.29 is 19.1 Å². The molecule has 0 saturated heterocycles. The number of hydrogen-bond acceptors (Lipinski definition) is 5. The summed E-state index contributed by atoms with van der Waals surface area (Å²) in [6.45, 7) is 1.37. The van der Waals surface area contributed by atoms with E-state index in [-0.39, 0.29) is 23.9 Å². The molecule has 6 heteroatoms. The maximum Gasteiger partial charge on any atom is 0.329 e. The van der Waals surface area contributed by atoms with Crippen LogP contribution in [0.3, 0.4) is 0 Å². The first-order chi connectivity index (χ1) is 8.56. The molecule has 2 unspecified atom stereocenters. The molecular formula is C12H21NO4S. The molecule has 0 heterocycles. The Morgan fingerprint density at radius 3 is 2.61 bits per heavy atom. The van der Waals surface area contributed by atoms with Crippen molar-refractivity contribution in [2.24, 2.45) is 0 Å². The molecular weight excluding hydrogens is 254 g/mol. The van der Waals surface area contributed by atoms with E-state index in [0.717, 1.165) is 25.7 Å². The summed E-state index contributed by atoms with van der Waals surface area (Å²) in [5, 5.41) is 2.52. The average Bonchev–Trinajstić information content (AvgIpc) is 2.35. The third-order valence-electron chi connectivity index (χ3n) is 3.04.